The average Bonchev–Trinajstić information content (AvgIpc) is 2.31. The number of hydrogen-bond donors (Lipinski definition) is 2. The van der Waals surface area contributed by atoms with E-state index in [2.05, 4.69) is 37.2 Å². The van der Waals surface area contributed by atoms with E-state index in [0.29, 0.717) is 17.1 Å². The van der Waals surface area contributed by atoms with E-state index < -0.39 is 0 Å². The fraction of sp³-hybridized carbons (Fsp3) is 0.0769. The molecule has 0 unspecified atom stereocenters. The van der Waals surface area contributed by atoms with Gasteiger partial charge in [-0.25, -0.2) is 4.39 Å². The van der Waals surface area contributed by atoms with Crippen LogP contribution in [-0.4, -0.2) is 7.11 Å². The van der Waals surface area contributed by atoms with E-state index in [4.69, 9.17) is 10.5 Å². The van der Waals surface area contributed by atoms with Crippen molar-refractivity contribution in [3.05, 3.63) is 45.1 Å². The zero-order chi connectivity index (χ0) is 14.0. The number of methoxy groups -OCH3 is 1. The molecule has 0 saturated heterocycles. The molecular weight excluding hydrogens is 379 g/mol. The highest BCUT2D eigenvalue weighted by molar-refractivity contribution is 9.11. The Bertz CT molecular complexity index is 600. The SMILES string of the molecule is COc1cc(Nc2cc(N)cc(F)c2)c(Br)cc1Br. The molecule has 19 heavy (non-hydrogen) atoms. The van der Waals surface area contributed by atoms with Gasteiger partial charge in [-0.3, -0.25) is 0 Å². The summed E-state index contributed by atoms with van der Waals surface area (Å²) in [7, 11) is 1.58. The summed E-state index contributed by atoms with van der Waals surface area (Å²) in [6.45, 7) is 0. The molecule has 0 aliphatic carbocycles. The number of hydrogen-bond acceptors (Lipinski definition) is 3. The lowest BCUT2D eigenvalue weighted by Crippen LogP contribution is -1.96. The predicted molar refractivity (Wildman–Crippen MR) is 82.5 cm³/mol. The van der Waals surface area contributed by atoms with Crippen LogP contribution in [0.1, 0.15) is 0 Å². The number of rotatable bonds is 3. The van der Waals surface area contributed by atoms with Crippen LogP contribution in [0.2, 0.25) is 0 Å². The zero-order valence-corrected chi connectivity index (χ0v) is 13.2. The second-order valence-corrected chi connectivity index (χ2v) is 5.57. The normalized spacial score (nSPS) is 10.3. The summed E-state index contributed by atoms with van der Waals surface area (Å²) in [5, 5.41) is 3.09. The number of benzene rings is 2. The molecule has 0 aliphatic rings. The van der Waals surface area contributed by atoms with Crippen molar-refractivity contribution in [3.8, 4) is 5.75 Å². The Balaban J connectivity index is 2.37. The first-order valence-electron chi connectivity index (χ1n) is 5.35. The Labute approximate surface area is 127 Å². The van der Waals surface area contributed by atoms with Gasteiger partial charge in [-0.2, -0.15) is 0 Å². The van der Waals surface area contributed by atoms with Crippen molar-refractivity contribution in [3.63, 3.8) is 0 Å². The third kappa shape index (κ3) is 3.39. The lowest BCUT2D eigenvalue weighted by atomic mass is 10.2. The molecule has 2 aromatic rings. The van der Waals surface area contributed by atoms with E-state index in [-0.39, 0.29) is 5.82 Å². The van der Waals surface area contributed by atoms with Gasteiger partial charge in [0.25, 0.3) is 0 Å². The van der Waals surface area contributed by atoms with Crippen LogP contribution in [0.15, 0.2) is 39.3 Å². The maximum atomic E-state index is 13.3. The Kier molecular flexibility index (Phi) is 4.31. The molecule has 0 aliphatic heterocycles. The first-order valence-corrected chi connectivity index (χ1v) is 6.94. The van der Waals surface area contributed by atoms with Gasteiger partial charge in [0, 0.05) is 21.9 Å². The quantitative estimate of drug-likeness (QED) is 0.749. The minimum atomic E-state index is -0.386. The van der Waals surface area contributed by atoms with Crippen LogP contribution in [0.3, 0.4) is 0 Å². The Hall–Kier alpha value is -1.27. The van der Waals surface area contributed by atoms with Crippen molar-refractivity contribution in [1.29, 1.82) is 0 Å². The molecule has 3 nitrogen and oxygen atoms in total. The number of nitrogens with one attached hydrogen (secondary N) is 1. The van der Waals surface area contributed by atoms with Crippen LogP contribution in [0.25, 0.3) is 0 Å². The molecule has 0 spiro atoms. The number of halogens is 3. The fourth-order valence-corrected chi connectivity index (χ4v) is 2.88. The van der Waals surface area contributed by atoms with E-state index in [1.54, 1.807) is 19.2 Å². The van der Waals surface area contributed by atoms with Gasteiger partial charge < -0.3 is 15.8 Å². The molecule has 3 N–H and O–H groups in total. The second-order valence-electron chi connectivity index (χ2n) is 3.86. The molecule has 0 bridgehead atoms. The van der Waals surface area contributed by atoms with Gasteiger partial charge in [0.15, 0.2) is 0 Å². The van der Waals surface area contributed by atoms with Crippen molar-refractivity contribution < 1.29 is 9.13 Å². The summed E-state index contributed by atoms with van der Waals surface area (Å²) in [6.07, 6.45) is 0. The summed E-state index contributed by atoms with van der Waals surface area (Å²) >= 11 is 6.82. The van der Waals surface area contributed by atoms with Gasteiger partial charge in [0.05, 0.1) is 17.3 Å². The third-order valence-electron chi connectivity index (χ3n) is 2.44. The lowest BCUT2D eigenvalue weighted by Gasteiger charge is -2.12. The smallest absolute Gasteiger partial charge is 0.135 e. The van der Waals surface area contributed by atoms with Gasteiger partial charge in [0.2, 0.25) is 0 Å². The van der Waals surface area contributed by atoms with Crippen LogP contribution >= 0.6 is 31.9 Å². The first-order chi connectivity index (χ1) is 8.99. The summed E-state index contributed by atoms with van der Waals surface area (Å²) in [5.74, 6) is 0.290. The largest absolute Gasteiger partial charge is 0.495 e. The third-order valence-corrected chi connectivity index (χ3v) is 3.72. The van der Waals surface area contributed by atoms with Crippen LogP contribution < -0.4 is 15.8 Å². The Morgan fingerprint density at radius 1 is 1.11 bits per heavy atom. The van der Waals surface area contributed by atoms with Gasteiger partial charge in [0.1, 0.15) is 11.6 Å². The van der Waals surface area contributed by atoms with Crippen LogP contribution in [-0.2, 0) is 0 Å². The van der Waals surface area contributed by atoms with Gasteiger partial charge >= 0.3 is 0 Å². The molecule has 2 aromatic carbocycles. The van der Waals surface area contributed by atoms with Crippen molar-refractivity contribution in [2.75, 3.05) is 18.2 Å². The molecule has 6 heteroatoms. The van der Waals surface area contributed by atoms with Crippen LogP contribution in [0.5, 0.6) is 5.75 Å². The highest BCUT2D eigenvalue weighted by Crippen LogP contribution is 2.36. The van der Waals surface area contributed by atoms with Crippen molar-refractivity contribution in [2.45, 2.75) is 0 Å². The number of anilines is 3. The number of nitrogen functional groups attached to an aromatic ring is 1. The van der Waals surface area contributed by atoms with E-state index in [1.165, 1.54) is 12.1 Å². The Morgan fingerprint density at radius 2 is 1.84 bits per heavy atom. The standard InChI is InChI=1S/C13H11Br2FN2O/c1-19-13-6-12(10(14)5-11(13)15)18-9-3-7(16)2-8(17)4-9/h2-6,18H,17H2,1H3. The minimum absolute atomic E-state index is 0.364. The fourth-order valence-electron chi connectivity index (χ4n) is 1.62. The van der Waals surface area contributed by atoms with Gasteiger partial charge in [-0.1, -0.05) is 0 Å². The summed E-state index contributed by atoms with van der Waals surface area (Å²) in [6, 6.07) is 7.95. The monoisotopic (exact) mass is 388 g/mol. The predicted octanol–water partition coefficient (Wildman–Crippen LogP) is 4.69. The Morgan fingerprint density at radius 3 is 2.47 bits per heavy atom. The van der Waals surface area contributed by atoms with Crippen molar-refractivity contribution in [1.82, 2.24) is 0 Å². The van der Waals surface area contributed by atoms with E-state index in [9.17, 15) is 4.39 Å². The first kappa shape index (κ1) is 14.1. The second kappa shape index (κ2) is 5.79. The molecule has 100 valence electrons. The molecule has 0 fully saturated rings. The maximum absolute atomic E-state index is 13.3. The highest BCUT2D eigenvalue weighted by Gasteiger charge is 2.08. The topological polar surface area (TPSA) is 47.3 Å². The van der Waals surface area contributed by atoms with Gasteiger partial charge in [-0.15, -0.1) is 0 Å². The number of nitrogens with two attached hydrogens (primary N) is 1. The highest BCUT2D eigenvalue weighted by atomic mass is 79.9. The molecular formula is C13H11Br2FN2O. The summed E-state index contributed by atoms with van der Waals surface area (Å²) < 4.78 is 20.1. The van der Waals surface area contributed by atoms with Crippen molar-refractivity contribution >= 4 is 48.9 Å². The lowest BCUT2D eigenvalue weighted by molar-refractivity contribution is 0.412. The van der Waals surface area contributed by atoms with Crippen molar-refractivity contribution in [2.24, 2.45) is 0 Å². The van der Waals surface area contributed by atoms with E-state index >= 15 is 0 Å². The maximum Gasteiger partial charge on any atom is 0.135 e. The van der Waals surface area contributed by atoms with Crippen LogP contribution in [0, 0.1) is 5.82 Å². The van der Waals surface area contributed by atoms with E-state index in [1.807, 2.05) is 6.07 Å². The molecule has 0 aromatic heterocycles. The molecule has 0 radical (unpaired) electrons. The molecule has 0 heterocycles. The van der Waals surface area contributed by atoms with Gasteiger partial charge in [-0.05, 0) is 56.1 Å². The van der Waals surface area contributed by atoms with E-state index in [0.717, 1.165) is 14.6 Å². The summed E-state index contributed by atoms with van der Waals surface area (Å²) in [4.78, 5) is 0. The molecule has 0 atom stereocenters. The number of ether oxygens (including phenoxy) is 1. The minimum Gasteiger partial charge on any atom is -0.495 e. The van der Waals surface area contributed by atoms with Crippen LogP contribution in [0.4, 0.5) is 21.5 Å². The average molecular weight is 390 g/mol. The zero-order valence-electron chi connectivity index (χ0n) is 10.0. The molecule has 0 amide bonds. The molecule has 2 rings (SSSR count). The molecule has 0 saturated carbocycles. The summed E-state index contributed by atoms with van der Waals surface area (Å²) in [5.41, 5.74) is 7.30.